The van der Waals surface area contributed by atoms with Crippen molar-refractivity contribution in [1.82, 2.24) is 4.98 Å². The first kappa shape index (κ1) is 8.95. The lowest BCUT2D eigenvalue weighted by molar-refractivity contribution is 1.30. The summed E-state index contributed by atoms with van der Waals surface area (Å²) in [4.78, 5) is 4.35. The summed E-state index contributed by atoms with van der Waals surface area (Å²) < 4.78 is 0. The van der Waals surface area contributed by atoms with Crippen molar-refractivity contribution in [3.8, 4) is 0 Å². The average molecular weight is 183 g/mol. The van der Waals surface area contributed by atoms with Gasteiger partial charge in [0.1, 0.15) is 0 Å². The Hall–Kier alpha value is -1.63. The van der Waals surface area contributed by atoms with Gasteiger partial charge in [-0.25, -0.2) is 0 Å². The molecule has 1 heterocycles. The number of aryl methyl sites for hydroxylation is 1. The third-order valence-electron chi connectivity index (χ3n) is 2.43. The molecule has 0 N–H and O–H groups in total. The fraction of sp³-hybridized carbons (Fsp3) is 0.154. The smallest absolute Gasteiger partial charge is 0.0731 e. The van der Waals surface area contributed by atoms with Crippen molar-refractivity contribution in [3.05, 3.63) is 48.3 Å². The van der Waals surface area contributed by atoms with E-state index in [1.54, 1.807) is 0 Å². The number of hydrogen-bond donors (Lipinski definition) is 0. The molecule has 70 valence electrons. The highest BCUT2D eigenvalue weighted by Crippen LogP contribution is 2.23. The van der Waals surface area contributed by atoms with E-state index in [2.05, 4.69) is 42.8 Å². The van der Waals surface area contributed by atoms with Crippen molar-refractivity contribution in [3.63, 3.8) is 0 Å². The fourth-order valence-corrected chi connectivity index (χ4v) is 1.70. The van der Waals surface area contributed by atoms with Gasteiger partial charge in [-0.3, -0.25) is 4.98 Å². The Balaban J connectivity index is 2.88. The Labute approximate surface area is 84.1 Å². The summed E-state index contributed by atoms with van der Waals surface area (Å²) in [6.45, 7) is 8.05. The zero-order valence-corrected chi connectivity index (χ0v) is 8.54. The van der Waals surface area contributed by atoms with E-state index in [4.69, 9.17) is 0 Å². The van der Waals surface area contributed by atoms with Crippen molar-refractivity contribution in [2.75, 3.05) is 0 Å². The number of allylic oxidation sites excluding steroid dienone is 1. The van der Waals surface area contributed by atoms with E-state index in [0.717, 1.165) is 11.3 Å². The molecule has 0 unspecified atom stereocenters. The second-order valence-corrected chi connectivity index (χ2v) is 3.61. The number of fused-ring (bicyclic) bond motifs is 1. The van der Waals surface area contributed by atoms with Crippen molar-refractivity contribution in [2.45, 2.75) is 13.8 Å². The molecule has 1 aromatic carbocycles. The quantitative estimate of drug-likeness (QED) is 0.658. The van der Waals surface area contributed by atoms with Crippen LogP contribution in [0.2, 0.25) is 0 Å². The average Bonchev–Trinajstić information content (AvgIpc) is 2.17. The summed E-state index contributed by atoms with van der Waals surface area (Å²) in [7, 11) is 0. The molecule has 0 bridgehead atoms. The summed E-state index contributed by atoms with van der Waals surface area (Å²) in [5.74, 6) is 0. The molecule has 0 aliphatic heterocycles. The van der Waals surface area contributed by atoms with Gasteiger partial charge in [-0.05, 0) is 36.4 Å². The molecule has 2 rings (SSSR count). The number of rotatable bonds is 1. The van der Waals surface area contributed by atoms with E-state index in [-0.39, 0.29) is 0 Å². The normalized spacial score (nSPS) is 10.4. The van der Waals surface area contributed by atoms with Crippen LogP contribution in [-0.4, -0.2) is 4.98 Å². The molecule has 0 saturated carbocycles. The van der Waals surface area contributed by atoms with E-state index < -0.39 is 0 Å². The number of hydrogen-bond acceptors (Lipinski definition) is 1. The van der Waals surface area contributed by atoms with Crippen LogP contribution in [0.3, 0.4) is 0 Å². The van der Waals surface area contributed by atoms with Crippen LogP contribution in [-0.2, 0) is 0 Å². The monoisotopic (exact) mass is 183 g/mol. The highest BCUT2D eigenvalue weighted by molar-refractivity contribution is 5.93. The van der Waals surface area contributed by atoms with E-state index in [9.17, 15) is 0 Å². The van der Waals surface area contributed by atoms with Gasteiger partial charge in [-0.1, -0.05) is 24.8 Å². The Bertz CT molecular complexity index is 498. The molecule has 0 fully saturated rings. The highest BCUT2D eigenvalue weighted by Gasteiger charge is 2.03. The molecule has 0 amide bonds. The third-order valence-corrected chi connectivity index (χ3v) is 2.43. The van der Waals surface area contributed by atoms with Gasteiger partial charge in [0.2, 0.25) is 0 Å². The van der Waals surface area contributed by atoms with Gasteiger partial charge in [-0.15, -0.1) is 0 Å². The molecular weight excluding hydrogens is 170 g/mol. The minimum Gasteiger partial charge on any atom is -0.256 e. The molecule has 1 aromatic heterocycles. The van der Waals surface area contributed by atoms with Crippen LogP contribution in [0.5, 0.6) is 0 Å². The molecule has 0 radical (unpaired) electrons. The van der Waals surface area contributed by atoms with Crippen LogP contribution in [0, 0.1) is 6.92 Å². The number of benzene rings is 1. The molecule has 1 nitrogen and oxygen atoms in total. The number of pyridine rings is 1. The maximum absolute atomic E-state index is 4.35. The van der Waals surface area contributed by atoms with E-state index in [1.807, 2.05) is 13.1 Å². The first-order chi connectivity index (χ1) is 6.70. The van der Waals surface area contributed by atoms with Crippen molar-refractivity contribution in [2.24, 2.45) is 0 Å². The topological polar surface area (TPSA) is 12.9 Å². The predicted octanol–water partition coefficient (Wildman–Crippen LogP) is 3.58. The molecule has 0 spiro atoms. The van der Waals surface area contributed by atoms with Gasteiger partial charge in [0.15, 0.2) is 0 Å². The van der Waals surface area contributed by atoms with Crippen molar-refractivity contribution < 1.29 is 0 Å². The van der Waals surface area contributed by atoms with Gasteiger partial charge in [-0.2, -0.15) is 0 Å². The van der Waals surface area contributed by atoms with Gasteiger partial charge in [0.25, 0.3) is 0 Å². The van der Waals surface area contributed by atoms with E-state index in [1.165, 1.54) is 16.3 Å². The zero-order valence-electron chi connectivity index (χ0n) is 8.54. The van der Waals surface area contributed by atoms with Gasteiger partial charge in [0, 0.05) is 11.6 Å². The molecule has 0 saturated heterocycles. The maximum Gasteiger partial charge on any atom is 0.0731 e. The molecule has 0 aliphatic rings. The number of nitrogens with zero attached hydrogens (tertiary/aromatic N) is 1. The highest BCUT2D eigenvalue weighted by atomic mass is 14.7. The Kier molecular flexibility index (Phi) is 2.08. The molecule has 0 aliphatic carbocycles. The molecule has 1 heteroatoms. The lowest BCUT2D eigenvalue weighted by atomic mass is 10.0. The van der Waals surface area contributed by atoms with E-state index in [0.29, 0.717) is 0 Å². The van der Waals surface area contributed by atoms with Crippen LogP contribution in [0.25, 0.3) is 16.3 Å². The summed E-state index contributed by atoms with van der Waals surface area (Å²) in [5.41, 5.74) is 3.31. The SMILES string of the molecule is C=C(C)c1nccc2c(C)cccc12. The summed E-state index contributed by atoms with van der Waals surface area (Å²) in [5, 5.41) is 2.46. The van der Waals surface area contributed by atoms with Crippen molar-refractivity contribution in [1.29, 1.82) is 0 Å². The third kappa shape index (κ3) is 1.31. The van der Waals surface area contributed by atoms with Crippen molar-refractivity contribution >= 4 is 16.3 Å². The zero-order chi connectivity index (χ0) is 10.1. The van der Waals surface area contributed by atoms with Crippen LogP contribution in [0.15, 0.2) is 37.0 Å². The van der Waals surface area contributed by atoms with Gasteiger partial charge < -0.3 is 0 Å². The summed E-state index contributed by atoms with van der Waals surface area (Å²) in [6.07, 6.45) is 1.85. The molecule has 14 heavy (non-hydrogen) atoms. The van der Waals surface area contributed by atoms with E-state index >= 15 is 0 Å². The molecule has 0 atom stereocenters. The maximum atomic E-state index is 4.35. The first-order valence-electron chi connectivity index (χ1n) is 4.70. The lowest BCUT2D eigenvalue weighted by Crippen LogP contribution is -1.88. The number of aromatic nitrogens is 1. The predicted molar refractivity (Wildman–Crippen MR) is 61.2 cm³/mol. The largest absolute Gasteiger partial charge is 0.256 e. The minimum atomic E-state index is 1.01. The Morgan fingerprint density at radius 1 is 1.21 bits per heavy atom. The summed E-state index contributed by atoms with van der Waals surface area (Å²) >= 11 is 0. The van der Waals surface area contributed by atoms with Gasteiger partial charge >= 0.3 is 0 Å². The fourth-order valence-electron chi connectivity index (χ4n) is 1.70. The minimum absolute atomic E-state index is 1.01. The molecule has 2 aromatic rings. The van der Waals surface area contributed by atoms with Crippen LogP contribution >= 0.6 is 0 Å². The first-order valence-corrected chi connectivity index (χ1v) is 4.70. The Morgan fingerprint density at radius 2 is 2.00 bits per heavy atom. The van der Waals surface area contributed by atoms with Crippen LogP contribution in [0.1, 0.15) is 18.2 Å². The molecular formula is C13H13N. The standard InChI is InChI=1S/C13H13N/c1-9(2)13-12-6-4-5-10(3)11(12)7-8-14-13/h4-8H,1H2,2-3H3. The second-order valence-electron chi connectivity index (χ2n) is 3.61. The lowest BCUT2D eigenvalue weighted by Gasteiger charge is -2.06. The Morgan fingerprint density at radius 3 is 2.71 bits per heavy atom. The summed E-state index contributed by atoms with van der Waals surface area (Å²) in [6, 6.07) is 8.33. The second kappa shape index (κ2) is 3.26. The van der Waals surface area contributed by atoms with Crippen LogP contribution < -0.4 is 0 Å². The van der Waals surface area contributed by atoms with Crippen LogP contribution in [0.4, 0.5) is 0 Å². The van der Waals surface area contributed by atoms with Gasteiger partial charge in [0.05, 0.1) is 5.69 Å².